The summed E-state index contributed by atoms with van der Waals surface area (Å²) in [7, 11) is 0. The predicted molar refractivity (Wildman–Crippen MR) is 43.2 cm³/mol. The molecule has 0 N–H and O–H groups in total. The number of hydrogen-bond acceptors (Lipinski definition) is 4. The molecule has 1 rings (SSSR count). The maximum atomic E-state index is 9.81. The highest BCUT2D eigenvalue weighted by atomic mass is 16.9. The third-order valence-corrected chi connectivity index (χ3v) is 2.05. The van der Waals surface area contributed by atoms with Gasteiger partial charge in [0.05, 0.1) is 0 Å². The lowest BCUT2D eigenvalue weighted by atomic mass is 10.1. The predicted octanol–water partition coefficient (Wildman–Crippen LogP) is 0.681. The molecule has 0 aromatic carbocycles. The molecule has 70 valence electrons. The second-order valence-electron chi connectivity index (χ2n) is 2.96. The van der Waals surface area contributed by atoms with Crippen molar-refractivity contribution in [3.8, 4) is 0 Å². The van der Waals surface area contributed by atoms with Gasteiger partial charge in [0.15, 0.2) is 0 Å². The van der Waals surface area contributed by atoms with Gasteiger partial charge >= 0.3 is 0 Å². The second-order valence-corrected chi connectivity index (χ2v) is 2.96. The molecule has 1 fully saturated rings. The molecule has 0 atom stereocenters. The molecule has 0 aliphatic carbocycles. The molecular weight excluding hydrogens is 160 g/mol. The topological polar surface area (TPSA) is 55.6 Å². The molecule has 0 radical (unpaired) electrons. The number of rotatable bonds is 4. The van der Waals surface area contributed by atoms with Crippen LogP contribution >= 0.6 is 0 Å². The lowest BCUT2D eigenvalue weighted by molar-refractivity contribution is -0.757. The summed E-state index contributed by atoms with van der Waals surface area (Å²) in [6.45, 7) is 3.00. The zero-order chi connectivity index (χ0) is 8.81. The molecule has 1 aliphatic heterocycles. The molecule has 0 spiro atoms. The summed E-state index contributed by atoms with van der Waals surface area (Å²) in [5, 5.41) is 9.07. The van der Waals surface area contributed by atoms with Crippen molar-refractivity contribution < 1.29 is 9.92 Å². The highest BCUT2D eigenvalue weighted by Crippen LogP contribution is 2.07. The van der Waals surface area contributed by atoms with Crippen LogP contribution < -0.4 is 0 Å². The summed E-state index contributed by atoms with van der Waals surface area (Å²) < 4.78 is 0. The van der Waals surface area contributed by atoms with Crippen molar-refractivity contribution in [1.82, 2.24) is 4.90 Å². The van der Waals surface area contributed by atoms with Crippen LogP contribution in [0.1, 0.15) is 19.3 Å². The van der Waals surface area contributed by atoms with E-state index in [-0.39, 0.29) is 6.61 Å². The third kappa shape index (κ3) is 3.52. The summed E-state index contributed by atoms with van der Waals surface area (Å²) in [5.41, 5.74) is 0. The Morgan fingerprint density at radius 3 is 2.58 bits per heavy atom. The average Bonchev–Trinajstić information content (AvgIpc) is 2.05. The molecule has 1 saturated heterocycles. The molecule has 0 amide bonds. The van der Waals surface area contributed by atoms with Crippen LogP contribution in [0.25, 0.3) is 0 Å². The molecule has 12 heavy (non-hydrogen) atoms. The van der Waals surface area contributed by atoms with E-state index in [4.69, 9.17) is 0 Å². The first-order valence-electron chi connectivity index (χ1n) is 4.29. The quantitative estimate of drug-likeness (QED) is 0.464. The van der Waals surface area contributed by atoms with Crippen LogP contribution in [0.15, 0.2) is 0 Å². The van der Waals surface area contributed by atoms with Gasteiger partial charge in [-0.2, -0.15) is 0 Å². The Morgan fingerprint density at radius 1 is 1.33 bits per heavy atom. The van der Waals surface area contributed by atoms with Gasteiger partial charge in [-0.1, -0.05) is 6.42 Å². The van der Waals surface area contributed by atoms with Crippen molar-refractivity contribution in [2.45, 2.75) is 19.3 Å². The van der Waals surface area contributed by atoms with Crippen molar-refractivity contribution in [2.75, 3.05) is 26.2 Å². The molecule has 0 aromatic rings. The molecule has 0 aromatic heterocycles. The summed E-state index contributed by atoms with van der Waals surface area (Å²) in [6, 6.07) is 0. The standard InChI is InChI=1S/C7H14N2O3/c10-9(11)12-7-6-8-4-2-1-3-5-8/h1-7H2. The van der Waals surface area contributed by atoms with Gasteiger partial charge in [-0.15, -0.1) is 10.1 Å². The Hall–Kier alpha value is -0.840. The lowest BCUT2D eigenvalue weighted by Crippen LogP contribution is -2.33. The highest BCUT2D eigenvalue weighted by molar-refractivity contribution is 4.63. The van der Waals surface area contributed by atoms with E-state index in [0.717, 1.165) is 13.1 Å². The monoisotopic (exact) mass is 174 g/mol. The number of nitrogens with zero attached hydrogens (tertiary/aromatic N) is 2. The Morgan fingerprint density at radius 2 is 2.00 bits per heavy atom. The van der Waals surface area contributed by atoms with Crippen LogP contribution in [0.5, 0.6) is 0 Å². The first kappa shape index (κ1) is 9.25. The van der Waals surface area contributed by atoms with Gasteiger partial charge in [-0.25, -0.2) is 0 Å². The SMILES string of the molecule is O=[N+]([O-])OCCN1CCCCC1. The third-order valence-electron chi connectivity index (χ3n) is 2.05. The van der Waals surface area contributed by atoms with Crippen LogP contribution in [0.4, 0.5) is 0 Å². The molecule has 0 unspecified atom stereocenters. The van der Waals surface area contributed by atoms with Crippen LogP contribution in [0.2, 0.25) is 0 Å². The van der Waals surface area contributed by atoms with Gasteiger partial charge in [-0.05, 0) is 25.9 Å². The van der Waals surface area contributed by atoms with Gasteiger partial charge in [0, 0.05) is 6.54 Å². The van der Waals surface area contributed by atoms with Crippen LogP contribution in [-0.2, 0) is 4.84 Å². The molecular formula is C7H14N2O3. The molecule has 5 nitrogen and oxygen atoms in total. The fraction of sp³-hybridized carbons (Fsp3) is 1.00. The van der Waals surface area contributed by atoms with E-state index in [1.165, 1.54) is 19.3 Å². The van der Waals surface area contributed by atoms with Gasteiger partial charge < -0.3 is 9.74 Å². The summed E-state index contributed by atoms with van der Waals surface area (Å²) in [4.78, 5) is 16.2. The minimum Gasteiger partial charge on any atom is -0.313 e. The van der Waals surface area contributed by atoms with E-state index in [1.807, 2.05) is 0 Å². The van der Waals surface area contributed by atoms with E-state index in [2.05, 4.69) is 9.74 Å². The molecule has 5 heteroatoms. The fourth-order valence-electron chi connectivity index (χ4n) is 1.43. The van der Waals surface area contributed by atoms with Gasteiger partial charge in [0.1, 0.15) is 6.61 Å². The number of hydrogen-bond donors (Lipinski definition) is 0. The maximum absolute atomic E-state index is 9.81. The second kappa shape index (κ2) is 4.92. The van der Waals surface area contributed by atoms with Crippen molar-refractivity contribution >= 4 is 0 Å². The first-order valence-corrected chi connectivity index (χ1v) is 4.29. The Bertz CT molecular complexity index is 146. The van der Waals surface area contributed by atoms with E-state index in [1.54, 1.807) is 0 Å². The summed E-state index contributed by atoms with van der Waals surface area (Å²) in [6.07, 6.45) is 3.70. The van der Waals surface area contributed by atoms with E-state index < -0.39 is 5.09 Å². The normalized spacial score (nSPS) is 19.0. The Balaban J connectivity index is 2.01. The van der Waals surface area contributed by atoms with Gasteiger partial charge in [0.25, 0.3) is 5.09 Å². The van der Waals surface area contributed by atoms with Crippen molar-refractivity contribution in [3.63, 3.8) is 0 Å². The minimum atomic E-state index is -0.732. The maximum Gasteiger partial charge on any atom is 0.294 e. The van der Waals surface area contributed by atoms with E-state index >= 15 is 0 Å². The minimum absolute atomic E-state index is 0.201. The van der Waals surface area contributed by atoms with Crippen molar-refractivity contribution in [3.05, 3.63) is 10.1 Å². The average molecular weight is 174 g/mol. The van der Waals surface area contributed by atoms with E-state index in [9.17, 15) is 10.1 Å². The molecule has 1 aliphatic rings. The lowest BCUT2D eigenvalue weighted by Gasteiger charge is -2.25. The van der Waals surface area contributed by atoms with Gasteiger partial charge in [-0.3, -0.25) is 0 Å². The van der Waals surface area contributed by atoms with Crippen molar-refractivity contribution in [1.29, 1.82) is 0 Å². The first-order chi connectivity index (χ1) is 5.79. The highest BCUT2D eigenvalue weighted by Gasteiger charge is 2.09. The zero-order valence-electron chi connectivity index (χ0n) is 7.07. The molecule has 0 bridgehead atoms. The van der Waals surface area contributed by atoms with Crippen LogP contribution in [0.3, 0.4) is 0 Å². The van der Waals surface area contributed by atoms with Crippen molar-refractivity contribution in [2.24, 2.45) is 0 Å². The number of piperidine rings is 1. The Kier molecular flexibility index (Phi) is 3.79. The molecule has 0 saturated carbocycles. The summed E-state index contributed by atoms with van der Waals surface area (Å²) in [5.74, 6) is 0. The molecule has 1 heterocycles. The van der Waals surface area contributed by atoms with E-state index in [0.29, 0.717) is 6.54 Å². The van der Waals surface area contributed by atoms with Gasteiger partial charge in [0.2, 0.25) is 0 Å². The Labute approximate surface area is 71.4 Å². The van der Waals surface area contributed by atoms with Crippen LogP contribution in [-0.4, -0.2) is 36.2 Å². The van der Waals surface area contributed by atoms with Crippen LogP contribution in [0, 0.1) is 10.1 Å². The number of likely N-dealkylation sites (tertiary alicyclic amines) is 1. The summed E-state index contributed by atoms with van der Waals surface area (Å²) >= 11 is 0. The smallest absolute Gasteiger partial charge is 0.294 e. The largest absolute Gasteiger partial charge is 0.313 e. The zero-order valence-corrected chi connectivity index (χ0v) is 7.07. The fourth-order valence-corrected chi connectivity index (χ4v) is 1.43.